The van der Waals surface area contributed by atoms with Crippen molar-refractivity contribution in [2.24, 2.45) is 0 Å². The van der Waals surface area contributed by atoms with Gasteiger partial charge >= 0.3 is 0 Å². The highest BCUT2D eigenvalue weighted by atomic mass is 16.5. The lowest BCUT2D eigenvalue weighted by atomic mass is 9.97. The minimum Gasteiger partial charge on any atom is -0.496 e. The maximum atomic E-state index is 5.27. The summed E-state index contributed by atoms with van der Waals surface area (Å²) >= 11 is 0. The maximum Gasteiger partial charge on any atom is 0.122 e. The summed E-state index contributed by atoms with van der Waals surface area (Å²) in [4.78, 5) is 0. The van der Waals surface area contributed by atoms with Gasteiger partial charge in [0.1, 0.15) is 5.75 Å². The Morgan fingerprint density at radius 1 is 1.00 bits per heavy atom. The molecule has 1 fully saturated rings. The summed E-state index contributed by atoms with van der Waals surface area (Å²) in [7, 11) is 1.70. The van der Waals surface area contributed by atoms with Gasteiger partial charge in [0.2, 0.25) is 0 Å². The van der Waals surface area contributed by atoms with Crippen LogP contribution in [0.5, 0.6) is 5.75 Å². The molecule has 0 saturated heterocycles. The topological polar surface area (TPSA) is 9.23 Å². The molecule has 0 spiro atoms. The fourth-order valence-corrected chi connectivity index (χ4v) is 1.44. The molecular weight excluding hydrogens is 160 g/mol. The number of hydrogen-bond donors (Lipinski definition) is 0. The molecule has 2 rings (SSSR count). The molecule has 0 bridgehead atoms. The number of para-hydroxylation sites is 1. The number of methoxy groups -OCH3 is 1. The van der Waals surface area contributed by atoms with E-state index in [1.54, 1.807) is 7.11 Å². The van der Waals surface area contributed by atoms with Crippen molar-refractivity contribution >= 4 is 0 Å². The monoisotopic (exact) mass is 171 g/mol. The molecule has 0 aromatic heterocycles. The fraction of sp³-hybridized carbons (Fsp3) is 0.0833. The van der Waals surface area contributed by atoms with Gasteiger partial charge in [0.25, 0.3) is 0 Å². The quantitative estimate of drug-likeness (QED) is 0.664. The van der Waals surface area contributed by atoms with E-state index in [1.807, 2.05) is 31.0 Å². The van der Waals surface area contributed by atoms with Gasteiger partial charge in [-0.2, -0.15) is 0 Å². The highest BCUT2D eigenvalue weighted by Crippen LogP contribution is 2.35. The first-order valence-corrected chi connectivity index (χ1v) is 4.27. The number of benzene rings is 1. The smallest absolute Gasteiger partial charge is 0.122 e. The third kappa shape index (κ3) is 1.69. The van der Waals surface area contributed by atoms with E-state index in [4.69, 9.17) is 4.74 Å². The largest absolute Gasteiger partial charge is 0.496 e. The van der Waals surface area contributed by atoms with Crippen molar-refractivity contribution in [3.05, 3.63) is 61.4 Å². The van der Waals surface area contributed by atoms with Crippen LogP contribution < -0.4 is 4.74 Å². The predicted octanol–water partition coefficient (Wildman–Crippen LogP) is 2.45. The van der Waals surface area contributed by atoms with Crippen LogP contribution in [-0.2, 0) is 0 Å². The van der Waals surface area contributed by atoms with E-state index in [2.05, 4.69) is 18.9 Å². The van der Waals surface area contributed by atoms with Crippen molar-refractivity contribution in [3.63, 3.8) is 0 Å². The first-order valence-electron chi connectivity index (χ1n) is 4.27. The van der Waals surface area contributed by atoms with Gasteiger partial charge in [-0.05, 0) is 31.7 Å². The SMILES string of the molecule is COc1ccccc1[C]1[CH][CH][CH][CH]1. The van der Waals surface area contributed by atoms with Crippen molar-refractivity contribution in [2.75, 3.05) is 7.11 Å². The van der Waals surface area contributed by atoms with Crippen molar-refractivity contribution in [2.45, 2.75) is 0 Å². The van der Waals surface area contributed by atoms with Crippen molar-refractivity contribution in [1.82, 2.24) is 0 Å². The average Bonchev–Trinajstić information content (AvgIpc) is 2.70. The van der Waals surface area contributed by atoms with Crippen LogP contribution in [0.25, 0.3) is 0 Å². The second kappa shape index (κ2) is 3.82. The highest BCUT2D eigenvalue weighted by molar-refractivity contribution is 5.55. The Morgan fingerprint density at radius 2 is 1.69 bits per heavy atom. The number of hydrogen-bond acceptors (Lipinski definition) is 1. The molecule has 1 aliphatic carbocycles. The Kier molecular flexibility index (Phi) is 2.53. The molecule has 1 aliphatic rings. The molecule has 65 valence electrons. The molecule has 0 aliphatic heterocycles. The molecule has 0 N–H and O–H groups in total. The van der Waals surface area contributed by atoms with Gasteiger partial charge in [-0.3, -0.25) is 0 Å². The molecule has 1 saturated carbocycles. The van der Waals surface area contributed by atoms with Crippen LogP contribution in [0.4, 0.5) is 0 Å². The predicted molar refractivity (Wildman–Crippen MR) is 52.5 cm³/mol. The Morgan fingerprint density at radius 3 is 2.38 bits per heavy atom. The van der Waals surface area contributed by atoms with E-state index in [0.29, 0.717) is 0 Å². The Balaban J connectivity index is 2.26. The Hall–Kier alpha value is -0.980. The van der Waals surface area contributed by atoms with Gasteiger partial charge in [-0.25, -0.2) is 0 Å². The average molecular weight is 171 g/mol. The van der Waals surface area contributed by atoms with E-state index in [1.165, 1.54) is 5.92 Å². The fourth-order valence-electron chi connectivity index (χ4n) is 1.44. The highest BCUT2D eigenvalue weighted by Gasteiger charge is 2.21. The molecule has 13 heavy (non-hydrogen) atoms. The second-order valence-electron chi connectivity index (χ2n) is 2.87. The van der Waals surface area contributed by atoms with Crippen LogP contribution in [0.1, 0.15) is 5.56 Å². The van der Waals surface area contributed by atoms with Crippen molar-refractivity contribution in [3.8, 4) is 5.75 Å². The summed E-state index contributed by atoms with van der Waals surface area (Å²) in [6.45, 7) is 0. The first kappa shape index (κ1) is 8.61. The normalized spacial score (nSPS) is 17.6. The van der Waals surface area contributed by atoms with Crippen LogP contribution in [0, 0.1) is 31.6 Å². The zero-order valence-electron chi connectivity index (χ0n) is 7.53. The van der Waals surface area contributed by atoms with Gasteiger partial charge in [0.05, 0.1) is 7.11 Å². The lowest BCUT2D eigenvalue weighted by Gasteiger charge is -2.12. The molecule has 1 aromatic carbocycles. The van der Waals surface area contributed by atoms with Crippen molar-refractivity contribution in [1.29, 1.82) is 0 Å². The lowest BCUT2D eigenvalue weighted by Crippen LogP contribution is -1.98. The molecule has 0 atom stereocenters. The van der Waals surface area contributed by atoms with E-state index in [0.717, 1.165) is 11.3 Å². The lowest BCUT2D eigenvalue weighted by molar-refractivity contribution is 0.411. The molecule has 1 nitrogen and oxygen atoms in total. The Bertz CT molecular complexity index is 274. The second-order valence-corrected chi connectivity index (χ2v) is 2.87. The van der Waals surface area contributed by atoms with Gasteiger partial charge in [-0.1, -0.05) is 18.2 Å². The Labute approximate surface area is 79.7 Å². The van der Waals surface area contributed by atoms with Crippen LogP contribution >= 0.6 is 0 Å². The molecular formula is C12H11O. The number of rotatable bonds is 2. The van der Waals surface area contributed by atoms with E-state index < -0.39 is 0 Å². The number of ether oxygens (including phenoxy) is 1. The minimum atomic E-state index is 0.925. The molecule has 0 heterocycles. The van der Waals surface area contributed by atoms with E-state index in [-0.39, 0.29) is 0 Å². The van der Waals surface area contributed by atoms with Gasteiger partial charge in [0, 0.05) is 11.5 Å². The van der Waals surface area contributed by atoms with Gasteiger partial charge in [-0.15, -0.1) is 0 Å². The summed E-state index contributed by atoms with van der Waals surface area (Å²) in [5.41, 5.74) is 1.15. The summed E-state index contributed by atoms with van der Waals surface area (Å²) < 4.78 is 5.27. The molecule has 0 amide bonds. The molecule has 1 aromatic rings. The molecule has 5 radical (unpaired) electrons. The first-order chi connectivity index (χ1) is 6.42. The standard InChI is InChI=1S/C12H11O/c1-13-12-9-5-4-8-11(12)10-6-2-3-7-10/h2-9H,1H3. The minimum absolute atomic E-state index is 0.925. The van der Waals surface area contributed by atoms with Gasteiger partial charge < -0.3 is 4.74 Å². The van der Waals surface area contributed by atoms with Gasteiger partial charge in [0.15, 0.2) is 0 Å². The third-order valence-electron chi connectivity index (χ3n) is 2.08. The summed E-state index contributed by atoms with van der Waals surface area (Å²) in [6, 6.07) is 8.03. The van der Waals surface area contributed by atoms with Crippen LogP contribution in [0.2, 0.25) is 0 Å². The third-order valence-corrected chi connectivity index (χ3v) is 2.08. The molecule has 0 unspecified atom stereocenters. The zero-order valence-corrected chi connectivity index (χ0v) is 7.53. The van der Waals surface area contributed by atoms with E-state index in [9.17, 15) is 0 Å². The summed E-state index contributed by atoms with van der Waals surface area (Å²) in [5, 5.41) is 0. The van der Waals surface area contributed by atoms with Crippen LogP contribution in [0.3, 0.4) is 0 Å². The van der Waals surface area contributed by atoms with E-state index >= 15 is 0 Å². The summed E-state index contributed by atoms with van der Waals surface area (Å²) in [6.07, 6.45) is 8.22. The van der Waals surface area contributed by atoms with Crippen molar-refractivity contribution < 1.29 is 4.74 Å². The zero-order chi connectivity index (χ0) is 9.10. The van der Waals surface area contributed by atoms with Crippen LogP contribution in [-0.4, -0.2) is 7.11 Å². The molecule has 1 heteroatoms. The maximum absolute atomic E-state index is 5.27. The summed E-state index contributed by atoms with van der Waals surface area (Å²) in [5.74, 6) is 2.13. The van der Waals surface area contributed by atoms with Crippen LogP contribution in [0.15, 0.2) is 24.3 Å².